The minimum Gasteiger partial charge on any atom is -0.492 e. The molecule has 2 aromatic rings. The summed E-state index contributed by atoms with van der Waals surface area (Å²) in [5.41, 5.74) is -1.33. The minimum atomic E-state index is -1.11. The van der Waals surface area contributed by atoms with E-state index in [9.17, 15) is 29.8 Å². The van der Waals surface area contributed by atoms with Gasteiger partial charge >= 0.3 is 5.97 Å². The van der Waals surface area contributed by atoms with E-state index >= 15 is 0 Å². The van der Waals surface area contributed by atoms with Gasteiger partial charge in [0.25, 0.3) is 17.3 Å². The Kier molecular flexibility index (Phi) is 6.58. The third-order valence-corrected chi connectivity index (χ3v) is 3.36. The van der Waals surface area contributed by atoms with Crippen LogP contribution in [0.1, 0.15) is 17.3 Å². The molecule has 0 heterocycles. The Hall–Kier alpha value is -4.02. The first-order chi connectivity index (χ1) is 13.3. The zero-order valence-corrected chi connectivity index (χ0v) is 14.6. The Bertz CT molecular complexity index is 896. The molecule has 28 heavy (non-hydrogen) atoms. The van der Waals surface area contributed by atoms with E-state index in [0.717, 1.165) is 12.1 Å². The molecule has 0 unspecified atom stereocenters. The van der Waals surface area contributed by atoms with Crippen molar-refractivity contribution in [1.29, 1.82) is 0 Å². The topological polar surface area (TPSA) is 151 Å². The molecule has 0 bridgehead atoms. The molecule has 0 aliphatic heterocycles. The summed E-state index contributed by atoms with van der Waals surface area (Å²) in [7, 11) is 0. The second-order valence-corrected chi connectivity index (χ2v) is 5.31. The predicted molar refractivity (Wildman–Crippen MR) is 96.3 cm³/mol. The molecule has 146 valence electrons. The maximum absolute atomic E-state index is 12.0. The molecule has 2 aromatic carbocycles. The van der Waals surface area contributed by atoms with Crippen LogP contribution in [-0.4, -0.2) is 34.9 Å². The molecule has 0 aliphatic carbocycles. The fraction of sp³-hybridized carbons (Fsp3) is 0.176. The number of benzene rings is 2. The highest BCUT2D eigenvalue weighted by Gasteiger charge is 2.21. The van der Waals surface area contributed by atoms with Crippen molar-refractivity contribution in [1.82, 2.24) is 0 Å². The van der Waals surface area contributed by atoms with Crippen LogP contribution in [0.2, 0.25) is 0 Å². The Morgan fingerprint density at radius 3 is 2.21 bits per heavy atom. The molecular weight excluding hydrogens is 374 g/mol. The van der Waals surface area contributed by atoms with Gasteiger partial charge in [-0.15, -0.1) is 0 Å². The van der Waals surface area contributed by atoms with Crippen molar-refractivity contribution >= 4 is 28.9 Å². The summed E-state index contributed by atoms with van der Waals surface area (Å²) in [6.07, 6.45) is 0. The summed E-state index contributed by atoms with van der Waals surface area (Å²) in [5, 5.41) is 24.2. The van der Waals surface area contributed by atoms with Gasteiger partial charge in [0.2, 0.25) is 0 Å². The monoisotopic (exact) mass is 389 g/mol. The zero-order chi connectivity index (χ0) is 20.7. The summed E-state index contributed by atoms with van der Waals surface area (Å²) in [4.78, 5) is 44.0. The van der Waals surface area contributed by atoms with Crippen LogP contribution in [0.15, 0.2) is 42.5 Å². The number of nitrogens with zero attached hydrogens (tertiary/aromatic N) is 2. The van der Waals surface area contributed by atoms with Crippen LogP contribution in [0.25, 0.3) is 0 Å². The van der Waals surface area contributed by atoms with Crippen molar-refractivity contribution < 1.29 is 28.9 Å². The minimum absolute atomic E-state index is 0.372. The third-order valence-electron chi connectivity index (χ3n) is 3.36. The first-order valence-corrected chi connectivity index (χ1v) is 7.94. The Balaban J connectivity index is 2.07. The van der Waals surface area contributed by atoms with E-state index < -0.39 is 45.3 Å². The highest BCUT2D eigenvalue weighted by molar-refractivity contribution is 5.96. The summed E-state index contributed by atoms with van der Waals surface area (Å²) in [6, 6.07) is 9.01. The van der Waals surface area contributed by atoms with Gasteiger partial charge in [0.1, 0.15) is 5.75 Å². The van der Waals surface area contributed by atoms with E-state index in [2.05, 4.69) is 5.32 Å². The molecule has 0 aromatic heterocycles. The van der Waals surface area contributed by atoms with Crippen molar-refractivity contribution in [3.8, 4) is 5.75 Å². The van der Waals surface area contributed by atoms with Gasteiger partial charge in [-0.25, -0.2) is 4.79 Å². The first-order valence-electron chi connectivity index (χ1n) is 7.94. The number of ether oxygens (including phenoxy) is 2. The second kappa shape index (κ2) is 9.07. The predicted octanol–water partition coefficient (Wildman–Crippen LogP) is 2.70. The van der Waals surface area contributed by atoms with Crippen LogP contribution in [0.5, 0.6) is 5.75 Å². The average molecular weight is 389 g/mol. The number of carbonyl (C=O) groups is 2. The van der Waals surface area contributed by atoms with Gasteiger partial charge in [-0.2, -0.15) is 0 Å². The van der Waals surface area contributed by atoms with E-state index in [-0.39, 0.29) is 0 Å². The first kappa shape index (κ1) is 20.3. The van der Waals surface area contributed by atoms with E-state index in [1.807, 2.05) is 0 Å². The van der Waals surface area contributed by atoms with Crippen LogP contribution in [0.3, 0.4) is 0 Å². The van der Waals surface area contributed by atoms with Gasteiger partial charge < -0.3 is 14.8 Å². The van der Waals surface area contributed by atoms with E-state index in [4.69, 9.17) is 9.47 Å². The highest BCUT2D eigenvalue weighted by atomic mass is 16.6. The van der Waals surface area contributed by atoms with E-state index in [0.29, 0.717) is 24.1 Å². The lowest BCUT2D eigenvalue weighted by Gasteiger charge is -2.11. The molecule has 0 spiro atoms. The molecule has 0 atom stereocenters. The fourth-order valence-corrected chi connectivity index (χ4v) is 2.18. The highest BCUT2D eigenvalue weighted by Crippen LogP contribution is 2.24. The van der Waals surface area contributed by atoms with Crippen LogP contribution in [-0.2, 0) is 9.53 Å². The molecule has 0 saturated heterocycles. The van der Waals surface area contributed by atoms with Gasteiger partial charge in [0.15, 0.2) is 6.61 Å². The number of non-ortho nitro benzene ring substituents is 2. The molecule has 1 N–H and O–H groups in total. The van der Waals surface area contributed by atoms with E-state index in [1.165, 1.54) is 0 Å². The number of anilines is 1. The molecule has 0 saturated carbocycles. The molecule has 11 heteroatoms. The van der Waals surface area contributed by atoms with Gasteiger partial charge in [-0.1, -0.05) is 12.1 Å². The second-order valence-electron chi connectivity index (χ2n) is 5.31. The summed E-state index contributed by atoms with van der Waals surface area (Å²) < 4.78 is 10.1. The number of rotatable bonds is 8. The largest absolute Gasteiger partial charge is 0.492 e. The van der Waals surface area contributed by atoms with E-state index in [1.54, 1.807) is 31.2 Å². The lowest BCUT2D eigenvalue weighted by Crippen LogP contribution is -2.21. The Morgan fingerprint density at radius 1 is 1.04 bits per heavy atom. The van der Waals surface area contributed by atoms with Crippen LogP contribution < -0.4 is 10.1 Å². The lowest BCUT2D eigenvalue weighted by molar-refractivity contribution is -0.394. The number of hydrogen-bond donors (Lipinski definition) is 1. The number of esters is 1. The number of nitro groups is 2. The van der Waals surface area contributed by atoms with Crippen molar-refractivity contribution in [2.45, 2.75) is 6.92 Å². The molecule has 0 fully saturated rings. The standard InChI is InChI=1S/C17H15N3O8/c1-2-27-15-6-4-3-5-14(15)18-16(21)10-28-17(22)11-7-12(19(23)24)9-13(8-11)20(25)26/h3-9H,2,10H2,1H3,(H,18,21). The summed E-state index contributed by atoms with van der Waals surface area (Å²) >= 11 is 0. The van der Waals surface area contributed by atoms with Gasteiger partial charge in [0, 0.05) is 12.1 Å². The molecule has 0 radical (unpaired) electrons. The number of hydrogen-bond acceptors (Lipinski definition) is 8. The summed E-state index contributed by atoms with van der Waals surface area (Å²) in [5.74, 6) is -1.36. The third kappa shape index (κ3) is 5.24. The number of nitrogens with one attached hydrogen (secondary N) is 1. The fourth-order valence-electron chi connectivity index (χ4n) is 2.18. The SMILES string of the molecule is CCOc1ccccc1NC(=O)COC(=O)c1cc([N+](=O)[O-])cc([N+](=O)[O-])c1. The number of nitro benzene ring substituents is 2. The smallest absolute Gasteiger partial charge is 0.339 e. The van der Waals surface area contributed by atoms with Gasteiger partial charge in [-0.3, -0.25) is 25.0 Å². The van der Waals surface area contributed by atoms with Crippen molar-refractivity contribution in [2.24, 2.45) is 0 Å². The molecule has 11 nitrogen and oxygen atoms in total. The number of para-hydroxylation sites is 2. The molecule has 0 aliphatic rings. The number of carbonyl (C=O) groups excluding carboxylic acids is 2. The quantitative estimate of drug-likeness (QED) is 0.411. The van der Waals surface area contributed by atoms with Gasteiger partial charge in [0.05, 0.1) is 33.8 Å². The number of amides is 1. The maximum Gasteiger partial charge on any atom is 0.339 e. The Labute approximate surface area is 158 Å². The maximum atomic E-state index is 12.0. The van der Waals surface area contributed by atoms with Gasteiger partial charge in [-0.05, 0) is 19.1 Å². The average Bonchev–Trinajstić information content (AvgIpc) is 2.67. The van der Waals surface area contributed by atoms with Crippen molar-refractivity contribution in [3.63, 3.8) is 0 Å². The van der Waals surface area contributed by atoms with Crippen LogP contribution in [0.4, 0.5) is 17.1 Å². The van der Waals surface area contributed by atoms with Crippen LogP contribution in [0, 0.1) is 20.2 Å². The molecule has 1 amide bonds. The molecular formula is C17H15N3O8. The van der Waals surface area contributed by atoms with Crippen LogP contribution >= 0.6 is 0 Å². The lowest BCUT2D eigenvalue weighted by atomic mass is 10.2. The Morgan fingerprint density at radius 2 is 1.64 bits per heavy atom. The summed E-state index contributed by atoms with van der Waals surface area (Å²) in [6.45, 7) is 1.46. The van der Waals surface area contributed by atoms with Crippen molar-refractivity contribution in [2.75, 3.05) is 18.5 Å². The van der Waals surface area contributed by atoms with Crippen molar-refractivity contribution in [3.05, 3.63) is 68.3 Å². The zero-order valence-electron chi connectivity index (χ0n) is 14.6. The normalized spacial score (nSPS) is 10.0. The molecule has 2 rings (SSSR count).